The van der Waals surface area contributed by atoms with Crippen molar-refractivity contribution in [3.05, 3.63) is 68.0 Å². The second kappa shape index (κ2) is 7.91. The summed E-state index contributed by atoms with van der Waals surface area (Å²) < 4.78 is 1.91. The molecule has 3 nitrogen and oxygen atoms in total. The number of fused-ring (bicyclic) bond motifs is 1. The molecule has 0 saturated carbocycles. The molecule has 0 saturated heterocycles. The largest absolute Gasteiger partial charge is 0.283 e. The number of benzene rings is 2. The van der Waals surface area contributed by atoms with Crippen LogP contribution in [0.3, 0.4) is 0 Å². The van der Waals surface area contributed by atoms with Crippen molar-refractivity contribution in [1.29, 1.82) is 0 Å². The summed E-state index contributed by atoms with van der Waals surface area (Å²) in [5.74, 6) is 0.182. The van der Waals surface area contributed by atoms with Gasteiger partial charge in [0, 0.05) is 14.6 Å². The highest BCUT2D eigenvalue weighted by atomic mass is 79.9. The summed E-state index contributed by atoms with van der Waals surface area (Å²) in [6.45, 7) is 6.18. The Morgan fingerprint density at radius 3 is 2.54 bits per heavy atom. The molecule has 0 atom stereocenters. The molecule has 2 aromatic carbocycles. The van der Waals surface area contributed by atoms with Gasteiger partial charge in [-0.25, -0.2) is 5.43 Å². The van der Waals surface area contributed by atoms with Crippen molar-refractivity contribution in [3.8, 4) is 0 Å². The Hall–Kier alpha value is -1.69. The molecular formula is C20H18BrClN2OS. The molecule has 1 heterocycles. The second-order valence-electron chi connectivity index (χ2n) is 6.30. The molecule has 0 unspecified atom stereocenters. The van der Waals surface area contributed by atoms with Gasteiger partial charge in [-0.05, 0) is 36.1 Å². The van der Waals surface area contributed by atoms with Gasteiger partial charge in [-0.3, -0.25) is 4.79 Å². The van der Waals surface area contributed by atoms with Crippen LogP contribution in [-0.4, -0.2) is 11.6 Å². The molecule has 1 aromatic heterocycles. The van der Waals surface area contributed by atoms with Crippen LogP contribution in [0.1, 0.15) is 47.5 Å². The van der Waals surface area contributed by atoms with Crippen molar-refractivity contribution in [1.82, 2.24) is 5.43 Å². The van der Waals surface area contributed by atoms with E-state index in [4.69, 9.17) is 11.6 Å². The number of carbonyl (C=O) groups excluding carboxylic acids is 1. The van der Waals surface area contributed by atoms with Crippen LogP contribution in [0.15, 0.2) is 52.0 Å². The van der Waals surface area contributed by atoms with Crippen LogP contribution in [0.5, 0.6) is 0 Å². The monoisotopic (exact) mass is 448 g/mol. The van der Waals surface area contributed by atoms with Crippen molar-refractivity contribution in [2.45, 2.75) is 26.7 Å². The van der Waals surface area contributed by atoms with Crippen LogP contribution in [-0.2, 0) is 0 Å². The van der Waals surface area contributed by atoms with Gasteiger partial charge >= 0.3 is 0 Å². The third-order valence-electron chi connectivity index (χ3n) is 4.12. The first kappa shape index (κ1) is 19.1. The fraction of sp³-hybridized carbons (Fsp3) is 0.200. The van der Waals surface area contributed by atoms with Gasteiger partial charge in [0.25, 0.3) is 5.91 Å². The topological polar surface area (TPSA) is 41.5 Å². The summed E-state index contributed by atoms with van der Waals surface area (Å²) >= 11 is 11.2. The molecule has 1 amide bonds. The van der Waals surface area contributed by atoms with Crippen molar-refractivity contribution in [2.24, 2.45) is 5.10 Å². The van der Waals surface area contributed by atoms with Gasteiger partial charge in [-0.2, -0.15) is 5.10 Å². The molecule has 0 radical (unpaired) electrons. The lowest BCUT2D eigenvalue weighted by molar-refractivity contribution is 0.0959. The normalized spacial score (nSPS) is 12.0. The number of hydrogen-bond donors (Lipinski definition) is 1. The maximum Gasteiger partial charge on any atom is 0.283 e. The van der Waals surface area contributed by atoms with Crippen LogP contribution in [0, 0.1) is 0 Å². The molecule has 26 heavy (non-hydrogen) atoms. The number of amides is 1. The van der Waals surface area contributed by atoms with E-state index < -0.39 is 0 Å². The molecule has 3 rings (SSSR count). The highest BCUT2D eigenvalue weighted by Gasteiger charge is 2.17. The fourth-order valence-electron chi connectivity index (χ4n) is 2.54. The van der Waals surface area contributed by atoms with Gasteiger partial charge in [0.1, 0.15) is 4.88 Å². The van der Waals surface area contributed by atoms with Crippen molar-refractivity contribution in [3.63, 3.8) is 0 Å². The Labute approximate surface area is 170 Å². The van der Waals surface area contributed by atoms with Crippen molar-refractivity contribution >= 4 is 60.6 Å². The maximum atomic E-state index is 12.5. The van der Waals surface area contributed by atoms with E-state index >= 15 is 0 Å². The highest BCUT2D eigenvalue weighted by molar-refractivity contribution is 9.10. The predicted molar refractivity (Wildman–Crippen MR) is 115 cm³/mol. The van der Waals surface area contributed by atoms with Gasteiger partial charge in [-0.1, -0.05) is 71.7 Å². The zero-order valence-corrected chi connectivity index (χ0v) is 17.8. The molecule has 3 aromatic rings. The van der Waals surface area contributed by atoms with Crippen LogP contribution in [0.2, 0.25) is 5.02 Å². The number of hydrazone groups is 1. The van der Waals surface area contributed by atoms with Gasteiger partial charge < -0.3 is 0 Å². The minimum Gasteiger partial charge on any atom is -0.266 e. The summed E-state index contributed by atoms with van der Waals surface area (Å²) in [5, 5.41) is 5.56. The van der Waals surface area contributed by atoms with Gasteiger partial charge in [0.05, 0.1) is 10.7 Å². The Morgan fingerprint density at radius 1 is 1.19 bits per heavy atom. The molecule has 0 bridgehead atoms. The van der Waals surface area contributed by atoms with Crippen LogP contribution < -0.4 is 5.43 Å². The number of halogens is 2. The van der Waals surface area contributed by atoms with E-state index in [1.54, 1.807) is 0 Å². The summed E-state index contributed by atoms with van der Waals surface area (Å²) in [7, 11) is 0. The molecular weight excluding hydrogens is 432 g/mol. The first-order chi connectivity index (χ1) is 12.4. The molecule has 0 fully saturated rings. The quantitative estimate of drug-likeness (QED) is 0.354. The molecule has 0 aliphatic carbocycles. The first-order valence-corrected chi connectivity index (χ1v) is 10.2. The third-order valence-corrected chi connectivity index (χ3v) is 6.27. The van der Waals surface area contributed by atoms with E-state index in [0.29, 0.717) is 15.8 Å². The SMILES string of the molecule is C/C(=N/NC(=O)c1sc2cc(Br)ccc2c1Cl)c1ccc(C(C)C)cc1. The van der Waals surface area contributed by atoms with E-state index in [0.717, 1.165) is 25.8 Å². The van der Waals surface area contributed by atoms with E-state index in [1.165, 1.54) is 16.9 Å². The molecule has 134 valence electrons. The average Bonchev–Trinajstić information content (AvgIpc) is 2.95. The summed E-state index contributed by atoms with van der Waals surface area (Å²) in [5.41, 5.74) is 5.60. The smallest absolute Gasteiger partial charge is 0.266 e. The molecule has 0 spiro atoms. The van der Waals surface area contributed by atoms with E-state index in [1.807, 2.05) is 37.3 Å². The summed E-state index contributed by atoms with van der Waals surface area (Å²) in [6, 6.07) is 14.0. The average molecular weight is 450 g/mol. The Morgan fingerprint density at radius 2 is 1.88 bits per heavy atom. The fourth-order valence-corrected chi connectivity index (χ4v) is 4.50. The van der Waals surface area contributed by atoms with Gasteiger partial charge in [0.2, 0.25) is 0 Å². The standard InChI is InChI=1S/C20H18BrClN2OS/c1-11(2)13-4-6-14(7-5-13)12(3)23-24-20(25)19-18(22)16-9-8-15(21)10-17(16)26-19/h4-11H,1-3H3,(H,24,25)/b23-12-. The van der Waals surface area contributed by atoms with Gasteiger partial charge in [-0.15, -0.1) is 11.3 Å². The van der Waals surface area contributed by atoms with E-state index in [2.05, 4.69) is 52.4 Å². The van der Waals surface area contributed by atoms with Crippen LogP contribution >= 0.6 is 38.9 Å². The molecule has 1 N–H and O–H groups in total. The maximum absolute atomic E-state index is 12.5. The van der Waals surface area contributed by atoms with Crippen LogP contribution in [0.25, 0.3) is 10.1 Å². The lowest BCUT2D eigenvalue weighted by atomic mass is 10.0. The number of nitrogens with one attached hydrogen (secondary N) is 1. The Balaban J connectivity index is 1.79. The Kier molecular flexibility index (Phi) is 5.80. The van der Waals surface area contributed by atoms with E-state index in [9.17, 15) is 4.79 Å². The lowest BCUT2D eigenvalue weighted by Gasteiger charge is -2.07. The minimum atomic E-state index is -0.300. The zero-order chi connectivity index (χ0) is 18.8. The lowest BCUT2D eigenvalue weighted by Crippen LogP contribution is -2.18. The number of hydrogen-bond acceptors (Lipinski definition) is 3. The summed E-state index contributed by atoms with van der Waals surface area (Å²) in [4.78, 5) is 13.0. The second-order valence-corrected chi connectivity index (χ2v) is 8.65. The number of thiophene rings is 1. The van der Waals surface area contributed by atoms with E-state index in [-0.39, 0.29) is 5.91 Å². The number of rotatable bonds is 4. The third kappa shape index (κ3) is 4.00. The zero-order valence-electron chi connectivity index (χ0n) is 14.6. The minimum absolute atomic E-state index is 0.300. The highest BCUT2D eigenvalue weighted by Crippen LogP contribution is 2.36. The molecule has 0 aliphatic rings. The predicted octanol–water partition coefficient (Wildman–Crippen LogP) is 6.59. The van der Waals surface area contributed by atoms with Crippen LogP contribution in [0.4, 0.5) is 0 Å². The molecule has 6 heteroatoms. The van der Waals surface area contributed by atoms with Crippen molar-refractivity contribution in [2.75, 3.05) is 0 Å². The number of nitrogens with zero attached hydrogens (tertiary/aromatic N) is 1. The molecule has 0 aliphatic heterocycles. The Bertz CT molecular complexity index is 993. The summed E-state index contributed by atoms with van der Waals surface area (Å²) in [6.07, 6.45) is 0. The first-order valence-electron chi connectivity index (χ1n) is 8.19. The number of carbonyl (C=O) groups is 1. The van der Waals surface area contributed by atoms with Gasteiger partial charge in [0.15, 0.2) is 0 Å². The van der Waals surface area contributed by atoms with Crippen molar-refractivity contribution < 1.29 is 4.79 Å².